The zero-order chi connectivity index (χ0) is 18.6. The number of methoxy groups -OCH3 is 2. The maximum atomic E-state index is 6.18. The van der Waals surface area contributed by atoms with Gasteiger partial charge in [0.15, 0.2) is 0 Å². The first-order valence-electron chi connectivity index (χ1n) is 8.38. The van der Waals surface area contributed by atoms with E-state index in [-0.39, 0.29) is 0 Å². The smallest absolute Gasteiger partial charge is 0.228 e. The van der Waals surface area contributed by atoms with Crippen LogP contribution in [0, 0.1) is 11.8 Å². The molecule has 2 aromatic heterocycles. The van der Waals surface area contributed by atoms with Gasteiger partial charge < -0.3 is 14.2 Å². The fourth-order valence-corrected chi connectivity index (χ4v) is 3.46. The van der Waals surface area contributed by atoms with Crippen molar-refractivity contribution in [2.24, 2.45) is 0 Å². The molecule has 1 aliphatic rings. The summed E-state index contributed by atoms with van der Waals surface area (Å²) < 4.78 is 17.0. The normalized spacial score (nSPS) is 15.4. The Morgan fingerprint density at radius 1 is 1.07 bits per heavy atom. The maximum absolute atomic E-state index is 6.18. The second kappa shape index (κ2) is 7.67. The molecular weight excluding hydrogens is 358 g/mol. The summed E-state index contributed by atoms with van der Waals surface area (Å²) >= 11 is 1.62. The van der Waals surface area contributed by atoms with Gasteiger partial charge in [-0.3, -0.25) is 4.98 Å². The van der Waals surface area contributed by atoms with E-state index in [0.29, 0.717) is 5.76 Å². The molecule has 0 amide bonds. The van der Waals surface area contributed by atoms with Crippen LogP contribution in [0.3, 0.4) is 0 Å². The zero-order valence-corrected chi connectivity index (χ0v) is 15.7. The summed E-state index contributed by atoms with van der Waals surface area (Å²) in [5.41, 5.74) is 4.25. The van der Waals surface area contributed by atoms with Crippen LogP contribution < -0.4 is 4.74 Å². The Balaban J connectivity index is 1.89. The third kappa shape index (κ3) is 3.45. The molecule has 4 rings (SSSR count). The average Bonchev–Trinajstić information content (AvgIpc) is 3.25. The average molecular weight is 375 g/mol. The summed E-state index contributed by atoms with van der Waals surface area (Å²) in [6, 6.07) is 13.5. The molecule has 134 valence electrons. The Kier molecular flexibility index (Phi) is 4.93. The van der Waals surface area contributed by atoms with Gasteiger partial charge in [0, 0.05) is 35.4 Å². The van der Waals surface area contributed by atoms with Crippen molar-refractivity contribution < 1.29 is 14.2 Å². The third-order valence-corrected chi connectivity index (χ3v) is 4.88. The Hall–Kier alpha value is -3.07. The Bertz CT molecular complexity index is 1030. The molecule has 3 heterocycles. The van der Waals surface area contributed by atoms with E-state index in [9.17, 15) is 0 Å². The molecule has 0 fully saturated rings. The number of allylic oxidation sites excluding steroid dienone is 1. The minimum absolute atomic E-state index is 0.530. The number of pyridine rings is 1. The van der Waals surface area contributed by atoms with E-state index in [4.69, 9.17) is 14.2 Å². The van der Waals surface area contributed by atoms with Gasteiger partial charge in [0.2, 0.25) is 6.29 Å². The number of hydrogen-bond donors (Lipinski definition) is 0. The molecule has 0 saturated carbocycles. The highest BCUT2D eigenvalue weighted by Gasteiger charge is 2.29. The second-order valence-corrected chi connectivity index (χ2v) is 6.60. The first kappa shape index (κ1) is 17.3. The molecule has 0 spiro atoms. The summed E-state index contributed by atoms with van der Waals surface area (Å²) in [7, 11) is 3.26. The highest BCUT2D eigenvalue weighted by molar-refractivity contribution is 7.08. The van der Waals surface area contributed by atoms with Gasteiger partial charge in [-0.1, -0.05) is 11.8 Å². The number of fused-ring (bicyclic) bond motifs is 1. The Morgan fingerprint density at radius 3 is 2.63 bits per heavy atom. The lowest BCUT2D eigenvalue weighted by Gasteiger charge is -2.27. The zero-order valence-electron chi connectivity index (χ0n) is 14.9. The largest absolute Gasteiger partial charge is 0.497 e. The lowest BCUT2D eigenvalue weighted by atomic mass is 9.98. The molecule has 5 heteroatoms. The van der Waals surface area contributed by atoms with Crippen molar-refractivity contribution in [1.82, 2.24) is 4.98 Å². The van der Waals surface area contributed by atoms with Gasteiger partial charge >= 0.3 is 0 Å². The predicted molar refractivity (Wildman–Crippen MR) is 106 cm³/mol. The van der Waals surface area contributed by atoms with Crippen LogP contribution in [0.2, 0.25) is 0 Å². The molecule has 1 atom stereocenters. The Labute approximate surface area is 162 Å². The molecule has 27 heavy (non-hydrogen) atoms. The standard InChI is InChI=1S/C22H17NO3S/c1-24-17-8-6-16(7-9-17)21-18(10-5-15-11-13-27-14-15)20-19(4-3-12-23-20)22(25-2)26-21/h3-4,6-9,11-14,22H,1-2H3. The maximum Gasteiger partial charge on any atom is 0.228 e. The summed E-state index contributed by atoms with van der Waals surface area (Å²) in [5.74, 6) is 7.90. The number of hydrogen-bond acceptors (Lipinski definition) is 5. The predicted octanol–water partition coefficient (Wildman–Crippen LogP) is 4.75. The van der Waals surface area contributed by atoms with Crippen molar-refractivity contribution >= 4 is 22.7 Å². The van der Waals surface area contributed by atoms with Crippen LogP contribution in [0.4, 0.5) is 0 Å². The van der Waals surface area contributed by atoms with Crippen molar-refractivity contribution in [3.8, 4) is 17.6 Å². The monoisotopic (exact) mass is 375 g/mol. The number of rotatable bonds is 3. The quantitative estimate of drug-likeness (QED) is 0.620. The van der Waals surface area contributed by atoms with E-state index in [1.165, 1.54) is 0 Å². The van der Waals surface area contributed by atoms with Gasteiger partial charge in [-0.05, 0) is 47.8 Å². The van der Waals surface area contributed by atoms with Crippen LogP contribution in [0.15, 0.2) is 59.4 Å². The van der Waals surface area contributed by atoms with Crippen molar-refractivity contribution in [2.75, 3.05) is 14.2 Å². The summed E-state index contributed by atoms with van der Waals surface area (Å²) in [4.78, 5) is 4.57. The van der Waals surface area contributed by atoms with Crippen LogP contribution >= 0.6 is 11.3 Å². The number of thiophene rings is 1. The SMILES string of the molecule is COc1ccc(C2=C(C#Cc3ccsc3)c3ncccc3C(OC)O2)cc1. The van der Waals surface area contributed by atoms with Crippen LogP contribution in [0.5, 0.6) is 5.75 Å². The van der Waals surface area contributed by atoms with Crippen molar-refractivity contribution in [3.05, 3.63) is 81.8 Å². The molecule has 1 aromatic carbocycles. The molecule has 1 unspecified atom stereocenters. The van der Waals surface area contributed by atoms with Crippen LogP contribution in [0.1, 0.15) is 28.7 Å². The van der Waals surface area contributed by atoms with Crippen molar-refractivity contribution in [3.63, 3.8) is 0 Å². The number of ether oxygens (including phenoxy) is 3. The summed E-state index contributed by atoms with van der Waals surface area (Å²) in [6.45, 7) is 0. The highest BCUT2D eigenvalue weighted by Crippen LogP contribution is 2.40. The summed E-state index contributed by atoms with van der Waals surface area (Å²) in [5, 5.41) is 4.02. The Morgan fingerprint density at radius 2 is 1.93 bits per heavy atom. The fourth-order valence-electron chi connectivity index (χ4n) is 2.87. The molecule has 0 aliphatic carbocycles. The number of aromatic nitrogens is 1. The van der Waals surface area contributed by atoms with Gasteiger partial charge in [0.25, 0.3) is 0 Å². The first-order valence-corrected chi connectivity index (χ1v) is 9.32. The van der Waals surface area contributed by atoms with E-state index in [0.717, 1.165) is 33.7 Å². The highest BCUT2D eigenvalue weighted by atomic mass is 32.1. The molecule has 1 aliphatic heterocycles. The van der Waals surface area contributed by atoms with Gasteiger partial charge in [0.1, 0.15) is 11.5 Å². The van der Waals surface area contributed by atoms with Gasteiger partial charge in [-0.2, -0.15) is 11.3 Å². The van der Waals surface area contributed by atoms with Gasteiger partial charge in [-0.25, -0.2) is 0 Å². The third-order valence-electron chi connectivity index (χ3n) is 4.20. The van der Waals surface area contributed by atoms with E-state index < -0.39 is 6.29 Å². The minimum Gasteiger partial charge on any atom is -0.497 e. The molecular formula is C22H17NO3S. The molecule has 0 saturated heterocycles. The van der Waals surface area contributed by atoms with Gasteiger partial charge in [-0.15, -0.1) is 0 Å². The lowest BCUT2D eigenvalue weighted by Crippen LogP contribution is -2.16. The van der Waals surface area contributed by atoms with E-state index in [1.54, 1.807) is 31.8 Å². The fraction of sp³-hybridized carbons (Fsp3) is 0.136. The number of benzene rings is 1. The lowest BCUT2D eigenvalue weighted by molar-refractivity contribution is -0.0771. The number of nitrogens with zero attached hydrogens (tertiary/aromatic N) is 1. The van der Waals surface area contributed by atoms with E-state index in [2.05, 4.69) is 16.8 Å². The van der Waals surface area contributed by atoms with E-state index in [1.807, 2.05) is 53.2 Å². The van der Waals surface area contributed by atoms with Crippen LogP contribution in [-0.4, -0.2) is 19.2 Å². The summed E-state index contributed by atoms with van der Waals surface area (Å²) in [6.07, 6.45) is 1.23. The molecule has 0 bridgehead atoms. The first-order chi connectivity index (χ1) is 13.3. The molecule has 0 N–H and O–H groups in total. The molecule has 4 nitrogen and oxygen atoms in total. The van der Waals surface area contributed by atoms with Crippen LogP contribution in [0.25, 0.3) is 11.3 Å². The van der Waals surface area contributed by atoms with E-state index >= 15 is 0 Å². The topological polar surface area (TPSA) is 40.6 Å². The minimum atomic E-state index is -0.530. The van der Waals surface area contributed by atoms with Gasteiger partial charge in [0.05, 0.1) is 18.4 Å². The van der Waals surface area contributed by atoms with Crippen molar-refractivity contribution in [2.45, 2.75) is 6.29 Å². The van der Waals surface area contributed by atoms with Crippen LogP contribution in [-0.2, 0) is 9.47 Å². The second-order valence-electron chi connectivity index (χ2n) is 5.82. The molecule has 3 aromatic rings. The van der Waals surface area contributed by atoms with Crippen molar-refractivity contribution in [1.29, 1.82) is 0 Å². The molecule has 0 radical (unpaired) electrons.